The maximum absolute atomic E-state index is 5.55. The molecular formula is C18H19N3O2S. The summed E-state index contributed by atoms with van der Waals surface area (Å²) in [5.74, 6) is 1.50. The molecule has 24 heavy (non-hydrogen) atoms. The summed E-state index contributed by atoms with van der Waals surface area (Å²) in [4.78, 5) is 0. The molecule has 5 nitrogen and oxygen atoms in total. The molecule has 6 heteroatoms. The van der Waals surface area contributed by atoms with Crippen molar-refractivity contribution >= 4 is 29.2 Å². The molecule has 2 aromatic carbocycles. The van der Waals surface area contributed by atoms with Gasteiger partial charge in [0, 0.05) is 5.69 Å². The number of hydrogen-bond donors (Lipinski definition) is 2. The van der Waals surface area contributed by atoms with E-state index in [4.69, 9.17) is 21.7 Å². The third-order valence-electron chi connectivity index (χ3n) is 3.58. The molecule has 2 N–H and O–H groups in total. The predicted octanol–water partition coefficient (Wildman–Crippen LogP) is 3.40. The second-order valence-electron chi connectivity index (χ2n) is 5.55. The summed E-state index contributed by atoms with van der Waals surface area (Å²) < 4.78 is 11.0. The van der Waals surface area contributed by atoms with Gasteiger partial charge in [0.2, 0.25) is 0 Å². The summed E-state index contributed by atoms with van der Waals surface area (Å²) in [6.45, 7) is 5.25. The Morgan fingerprint density at radius 2 is 1.88 bits per heavy atom. The highest BCUT2D eigenvalue weighted by Gasteiger charge is 2.10. The van der Waals surface area contributed by atoms with Gasteiger partial charge in [0.05, 0.1) is 6.21 Å². The molecule has 2 aromatic rings. The molecule has 0 saturated carbocycles. The van der Waals surface area contributed by atoms with Crippen LogP contribution in [0.2, 0.25) is 0 Å². The second-order valence-corrected chi connectivity index (χ2v) is 5.95. The number of nitrogens with one attached hydrogen (secondary N) is 2. The molecule has 0 spiro atoms. The highest BCUT2D eigenvalue weighted by atomic mass is 32.1. The maximum Gasteiger partial charge on any atom is 0.191 e. The van der Waals surface area contributed by atoms with Crippen LogP contribution < -0.4 is 20.2 Å². The van der Waals surface area contributed by atoms with Gasteiger partial charge in [-0.1, -0.05) is 17.7 Å². The Morgan fingerprint density at radius 3 is 2.67 bits per heavy atom. The second kappa shape index (κ2) is 7.31. The standard InChI is InChI=1S/C18H19N3O2S/c1-12-3-5-15(13(2)9-12)20-18(24)21-19-11-14-4-6-16-17(10-14)23-8-7-22-16/h3-6,9-11H,7-8H2,1-2H3,(H2,20,21,24). The van der Waals surface area contributed by atoms with Crippen LogP contribution in [-0.4, -0.2) is 24.5 Å². The van der Waals surface area contributed by atoms with E-state index < -0.39 is 0 Å². The predicted molar refractivity (Wildman–Crippen MR) is 100 cm³/mol. The summed E-state index contributed by atoms with van der Waals surface area (Å²) >= 11 is 5.26. The molecule has 0 aromatic heterocycles. The average molecular weight is 341 g/mol. The van der Waals surface area contributed by atoms with Crippen molar-refractivity contribution in [1.29, 1.82) is 0 Å². The van der Waals surface area contributed by atoms with Crippen LogP contribution in [0.3, 0.4) is 0 Å². The van der Waals surface area contributed by atoms with Gasteiger partial charge < -0.3 is 14.8 Å². The third-order valence-corrected chi connectivity index (χ3v) is 3.77. The van der Waals surface area contributed by atoms with E-state index in [1.807, 2.05) is 37.3 Å². The van der Waals surface area contributed by atoms with Gasteiger partial charge in [0.25, 0.3) is 0 Å². The lowest BCUT2D eigenvalue weighted by molar-refractivity contribution is 0.171. The summed E-state index contributed by atoms with van der Waals surface area (Å²) in [5, 5.41) is 7.73. The van der Waals surface area contributed by atoms with E-state index in [-0.39, 0.29) is 0 Å². The minimum Gasteiger partial charge on any atom is -0.486 e. The average Bonchev–Trinajstić information content (AvgIpc) is 2.57. The van der Waals surface area contributed by atoms with Crippen molar-refractivity contribution in [2.75, 3.05) is 18.5 Å². The topological polar surface area (TPSA) is 54.9 Å². The molecule has 1 heterocycles. The number of rotatable bonds is 3. The number of thiocarbonyl (C=S) groups is 1. The Kier molecular flexibility index (Phi) is 4.96. The van der Waals surface area contributed by atoms with Crippen molar-refractivity contribution in [3.8, 4) is 11.5 Å². The van der Waals surface area contributed by atoms with Gasteiger partial charge in [-0.15, -0.1) is 0 Å². The monoisotopic (exact) mass is 341 g/mol. The summed E-state index contributed by atoms with van der Waals surface area (Å²) in [7, 11) is 0. The quantitative estimate of drug-likeness (QED) is 0.509. The zero-order chi connectivity index (χ0) is 16.9. The fraction of sp³-hybridized carbons (Fsp3) is 0.222. The van der Waals surface area contributed by atoms with Gasteiger partial charge in [-0.05, 0) is 61.5 Å². The van der Waals surface area contributed by atoms with Crippen LogP contribution in [0.25, 0.3) is 0 Å². The molecule has 0 amide bonds. The number of anilines is 1. The Labute approximate surface area is 146 Å². The molecule has 0 radical (unpaired) electrons. The number of nitrogens with zero attached hydrogens (tertiary/aromatic N) is 1. The Bertz CT molecular complexity index is 790. The summed E-state index contributed by atoms with van der Waals surface area (Å²) in [5.41, 5.74) is 7.04. The first-order valence-corrected chi connectivity index (χ1v) is 8.09. The van der Waals surface area contributed by atoms with Crippen LogP contribution in [0, 0.1) is 13.8 Å². The Morgan fingerprint density at radius 1 is 1.08 bits per heavy atom. The minimum absolute atomic E-state index is 0.441. The molecule has 0 aliphatic carbocycles. The largest absolute Gasteiger partial charge is 0.486 e. The zero-order valence-corrected chi connectivity index (χ0v) is 14.4. The van der Waals surface area contributed by atoms with Gasteiger partial charge in [-0.2, -0.15) is 5.10 Å². The van der Waals surface area contributed by atoms with E-state index in [2.05, 4.69) is 28.8 Å². The summed E-state index contributed by atoms with van der Waals surface area (Å²) in [6.07, 6.45) is 1.69. The molecule has 124 valence electrons. The molecule has 0 fully saturated rings. The van der Waals surface area contributed by atoms with Crippen LogP contribution in [0.15, 0.2) is 41.5 Å². The molecule has 0 bridgehead atoms. The van der Waals surface area contributed by atoms with Crippen molar-refractivity contribution in [1.82, 2.24) is 5.43 Å². The number of benzene rings is 2. The smallest absolute Gasteiger partial charge is 0.191 e. The van der Waals surface area contributed by atoms with Gasteiger partial charge in [0.15, 0.2) is 16.6 Å². The first kappa shape index (κ1) is 16.3. The molecule has 0 saturated heterocycles. The number of hydrogen-bond acceptors (Lipinski definition) is 4. The lowest BCUT2D eigenvalue weighted by Gasteiger charge is -2.18. The van der Waals surface area contributed by atoms with Gasteiger partial charge >= 0.3 is 0 Å². The molecule has 1 aliphatic heterocycles. The van der Waals surface area contributed by atoms with E-state index in [1.54, 1.807) is 6.21 Å². The Hall–Kier alpha value is -2.60. The fourth-order valence-electron chi connectivity index (χ4n) is 2.41. The number of aryl methyl sites for hydroxylation is 2. The van der Waals surface area contributed by atoms with Crippen LogP contribution >= 0.6 is 12.2 Å². The van der Waals surface area contributed by atoms with E-state index in [0.717, 1.165) is 28.3 Å². The maximum atomic E-state index is 5.55. The van der Waals surface area contributed by atoms with E-state index in [1.165, 1.54) is 5.56 Å². The Balaban J connectivity index is 1.58. The number of ether oxygens (including phenoxy) is 2. The van der Waals surface area contributed by atoms with Crippen LogP contribution in [0.1, 0.15) is 16.7 Å². The lowest BCUT2D eigenvalue weighted by atomic mass is 10.1. The van der Waals surface area contributed by atoms with Crippen LogP contribution in [0.4, 0.5) is 5.69 Å². The van der Waals surface area contributed by atoms with E-state index in [0.29, 0.717) is 18.3 Å². The normalized spacial score (nSPS) is 12.9. The molecule has 0 atom stereocenters. The minimum atomic E-state index is 0.441. The van der Waals surface area contributed by atoms with Crippen LogP contribution in [-0.2, 0) is 0 Å². The highest BCUT2D eigenvalue weighted by molar-refractivity contribution is 7.80. The third kappa shape index (κ3) is 4.02. The molecular weight excluding hydrogens is 322 g/mol. The lowest BCUT2D eigenvalue weighted by Crippen LogP contribution is -2.24. The van der Waals surface area contributed by atoms with Gasteiger partial charge in [0.1, 0.15) is 13.2 Å². The van der Waals surface area contributed by atoms with Gasteiger partial charge in [-0.25, -0.2) is 0 Å². The SMILES string of the molecule is Cc1ccc(NC(=S)NN=Cc2ccc3c(c2)OCCO3)c(C)c1. The van der Waals surface area contributed by atoms with E-state index in [9.17, 15) is 0 Å². The summed E-state index contributed by atoms with van der Waals surface area (Å²) in [6, 6.07) is 11.8. The van der Waals surface area contributed by atoms with Crippen molar-refractivity contribution < 1.29 is 9.47 Å². The molecule has 1 aliphatic rings. The zero-order valence-electron chi connectivity index (χ0n) is 13.6. The first-order valence-electron chi connectivity index (χ1n) is 7.69. The molecule has 3 rings (SSSR count). The van der Waals surface area contributed by atoms with E-state index >= 15 is 0 Å². The first-order chi connectivity index (χ1) is 11.6. The van der Waals surface area contributed by atoms with Crippen LogP contribution in [0.5, 0.6) is 11.5 Å². The van der Waals surface area contributed by atoms with Crippen molar-refractivity contribution in [3.63, 3.8) is 0 Å². The van der Waals surface area contributed by atoms with Gasteiger partial charge in [-0.3, -0.25) is 5.43 Å². The number of fused-ring (bicyclic) bond motifs is 1. The fourth-order valence-corrected chi connectivity index (χ4v) is 2.57. The molecule has 0 unspecified atom stereocenters. The number of hydrazone groups is 1. The van der Waals surface area contributed by atoms with Crippen molar-refractivity contribution in [2.24, 2.45) is 5.10 Å². The highest BCUT2D eigenvalue weighted by Crippen LogP contribution is 2.30. The van der Waals surface area contributed by atoms with Crippen molar-refractivity contribution in [2.45, 2.75) is 13.8 Å². The van der Waals surface area contributed by atoms with Crippen molar-refractivity contribution in [3.05, 3.63) is 53.1 Å².